The Morgan fingerprint density at radius 3 is 2.61 bits per heavy atom. The predicted octanol–water partition coefficient (Wildman–Crippen LogP) is 3.23. The first-order valence-corrected chi connectivity index (χ1v) is 7.78. The van der Waals surface area contributed by atoms with Crippen molar-refractivity contribution in [1.29, 1.82) is 0 Å². The fourth-order valence-corrected chi connectivity index (χ4v) is 2.87. The van der Waals surface area contributed by atoms with Gasteiger partial charge in [-0.15, -0.1) is 0 Å². The quantitative estimate of drug-likeness (QED) is 0.777. The Kier molecular flexibility index (Phi) is 3.53. The molecule has 3 heterocycles. The second-order valence-electron chi connectivity index (χ2n) is 5.65. The summed E-state index contributed by atoms with van der Waals surface area (Å²) in [5.74, 6) is 1.07. The maximum Gasteiger partial charge on any atom is 0.231 e. The van der Waals surface area contributed by atoms with Gasteiger partial charge in [-0.1, -0.05) is 0 Å². The summed E-state index contributed by atoms with van der Waals surface area (Å²) >= 11 is 0. The number of H-pyrrole nitrogens is 1. The van der Waals surface area contributed by atoms with Crippen LogP contribution in [-0.4, -0.2) is 33.0 Å². The lowest BCUT2D eigenvalue weighted by atomic mass is 10.1. The second-order valence-corrected chi connectivity index (χ2v) is 5.65. The summed E-state index contributed by atoms with van der Waals surface area (Å²) < 4.78 is 13.0. The van der Waals surface area contributed by atoms with Gasteiger partial charge in [0.05, 0.1) is 6.33 Å². The van der Waals surface area contributed by atoms with E-state index in [4.69, 9.17) is 0 Å². The number of nitrogens with one attached hydrogen (secondary N) is 2. The highest BCUT2D eigenvalue weighted by Gasteiger charge is 2.18. The van der Waals surface area contributed by atoms with Gasteiger partial charge in [-0.3, -0.25) is 0 Å². The summed E-state index contributed by atoms with van der Waals surface area (Å²) in [7, 11) is 0. The van der Waals surface area contributed by atoms with Gasteiger partial charge in [0.1, 0.15) is 11.3 Å². The Bertz CT molecular complexity index is 807. The zero-order valence-electron chi connectivity index (χ0n) is 12.6. The molecular weight excluding hydrogens is 295 g/mol. The van der Waals surface area contributed by atoms with E-state index in [1.807, 2.05) is 0 Å². The number of piperidine rings is 1. The van der Waals surface area contributed by atoms with Gasteiger partial charge in [-0.2, -0.15) is 9.97 Å². The van der Waals surface area contributed by atoms with E-state index in [2.05, 4.69) is 30.2 Å². The normalized spacial score (nSPS) is 15.1. The molecule has 0 spiro atoms. The van der Waals surface area contributed by atoms with Crippen LogP contribution in [0.1, 0.15) is 19.3 Å². The van der Waals surface area contributed by atoms with Crippen LogP contribution >= 0.6 is 0 Å². The van der Waals surface area contributed by atoms with Crippen LogP contribution in [0.3, 0.4) is 0 Å². The molecule has 0 saturated carbocycles. The van der Waals surface area contributed by atoms with Crippen LogP contribution in [0, 0.1) is 5.82 Å². The molecule has 1 aliphatic heterocycles. The Morgan fingerprint density at radius 1 is 1.04 bits per heavy atom. The van der Waals surface area contributed by atoms with Gasteiger partial charge in [-0.05, 0) is 43.5 Å². The molecule has 4 rings (SSSR count). The fraction of sp³-hybridized carbons (Fsp3) is 0.312. The Balaban J connectivity index is 1.70. The zero-order valence-corrected chi connectivity index (χ0v) is 12.6. The predicted molar refractivity (Wildman–Crippen MR) is 87.4 cm³/mol. The Labute approximate surface area is 132 Å². The highest BCUT2D eigenvalue weighted by molar-refractivity contribution is 5.84. The lowest BCUT2D eigenvalue weighted by Gasteiger charge is -2.28. The molecule has 0 amide bonds. The van der Waals surface area contributed by atoms with Crippen molar-refractivity contribution >= 4 is 28.6 Å². The van der Waals surface area contributed by atoms with Crippen LogP contribution in [0.2, 0.25) is 0 Å². The number of anilines is 3. The van der Waals surface area contributed by atoms with Gasteiger partial charge in [0, 0.05) is 18.8 Å². The van der Waals surface area contributed by atoms with Crippen molar-refractivity contribution in [3.8, 4) is 0 Å². The number of fused-ring (bicyclic) bond motifs is 1. The third kappa shape index (κ3) is 2.81. The highest BCUT2D eigenvalue weighted by Crippen LogP contribution is 2.26. The number of benzene rings is 1. The van der Waals surface area contributed by atoms with E-state index in [0.717, 1.165) is 30.1 Å². The molecule has 1 aliphatic rings. The third-order valence-electron chi connectivity index (χ3n) is 4.02. The van der Waals surface area contributed by atoms with Crippen LogP contribution in [0.25, 0.3) is 11.2 Å². The van der Waals surface area contributed by atoms with Crippen LogP contribution in [0.5, 0.6) is 0 Å². The molecule has 7 heteroatoms. The molecule has 3 aromatic rings. The number of nitrogens with zero attached hydrogens (tertiary/aromatic N) is 4. The van der Waals surface area contributed by atoms with Crippen molar-refractivity contribution in [1.82, 2.24) is 19.9 Å². The molecule has 2 N–H and O–H groups in total. The number of aromatic amines is 1. The third-order valence-corrected chi connectivity index (χ3v) is 4.02. The number of halogens is 1. The molecule has 1 aromatic carbocycles. The molecule has 0 unspecified atom stereocenters. The van der Waals surface area contributed by atoms with Crippen molar-refractivity contribution in [2.75, 3.05) is 23.3 Å². The molecule has 0 atom stereocenters. The highest BCUT2D eigenvalue weighted by atomic mass is 19.1. The van der Waals surface area contributed by atoms with Crippen molar-refractivity contribution in [2.24, 2.45) is 0 Å². The fourth-order valence-electron chi connectivity index (χ4n) is 2.87. The summed E-state index contributed by atoms with van der Waals surface area (Å²) in [6.45, 7) is 1.97. The average Bonchev–Trinajstić information content (AvgIpc) is 3.05. The number of imidazole rings is 1. The molecule has 1 saturated heterocycles. The smallest absolute Gasteiger partial charge is 0.231 e. The van der Waals surface area contributed by atoms with E-state index in [1.165, 1.54) is 31.4 Å². The van der Waals surface area contributed by atoms with Gasteiger partial charge in [0.2, 0.25) is 5.95 Å². The number of hydrogen-bond acceptors (Lipinski definition) is 5. The molecule has 1 fully saturated rings. The van der Waals surface area contributed by atoms with Crippen LogP contribution in [0.4, 0.5) is 21.8 Å². The van der Waals surface area contributed by atoms with Crippen LogP contribution in [0.15, 0.2) is 30.6 Å². The first kappa shape index (κ1) is 13.9. The monoisotopic (exact) mass is 312 g/mol. The molecule has 118 valence electrons. The lowest BCUT2D eigenvalue weighted by molar-refractivity contribution is 0.574. The maximum absolute atomic E-state index is 13.0. The van der Waals surface area contributed by atoms with E-state index in [-0.39, 0.29) is 5.82 Å². The summed E-state index contributed by atoms with van der Waals surface area (Å²) in [4.78, 5) is 18.7. The minimum absolute atomic E-state index is 0.270. The van der Waals surface area contributed by atoms with Gasteiger partial charge in [0.15, 0.2) is 11.5 Å². The van der Waals surface area contributed by atoms with Gasteiger partial charge in [0.25, 0.3) is 0 Å². The van der Waals surface area contributed by atoms with Gasteiger partial charge < -0.3 is 15.2 Å². The van der Waals surface area contributed by atoms with E-state index in [0.29, 0.717) is 11.6 Å². The molecule has 2 aromatic heterocycles. The zero-order chi connectivity index (χ0) is 15.6. The lowest BCUT2D eigenvalue weighted by Crippen LogP contribution is -2.30. The summed E-state index contributed by atoms with van der Waals surface area (Å²) in [5.41, 5.74) is 2.23. The molecular formula is C16H17FN6. The van der Waals surface area contributed by atoms with Crippen molar-refractivity contribution < 1.29 is 4.39 Å². The molecule has 23 heavy (non-hydrogen) atoms. The minimum atomic E-state index is -0.270. The molecule has 0 radical (unpaired) electrons. The van der Waals surface area contributed by atoms with E-state index >= 15 is 0 Å². The van der Waals surface area contributed by atoms with Crippen molar-refractivity contribution in [3.63, 3.8) is 0 Å². The topological polar surface area (TPSA) is 69.7 Å². The number of rotatable bonds is 3. The van der Waals surface area contributed by atoms with E-state index in [9.17, 15) is 4.39 Å². The average molecular weight is 312 g/mol. The minimum Gasteiger partial charge on any atom is -0.355 e. The Hall–Kier alpha value is -2.70. The van der Waals surface area contributed by atoms with E-state index in [1.54, 1.807) is 18.5 Å². The van der Waals surface area contributed by atoms with Crippen molar-refractivity contribution in [2.45, 2.75) is 19.3 Å². The number of hydrogen-bond donors (Lipinski definition) is 2. The molecule has 6 nitrogen and oxygen atoms in total. The second kappa shape index (κ2) is 5.83. The SMILES string of the molecule is Fc1ccc(Nc2nc(N3CCCCC3)c3[nH]cnc3n2)cc1. The summed E-state index contributed by atoms with van der Waals surface area (Å²) in [6, 6.07) is 6.13. The Morgan fingerprint density at radius 2 is 1.83 bits per heavy atom. The summed E-state index contributed by atoms with van der Waals surface area (Å²) in [6.07, 6.45) is 5.23. The van der Waals surface area contributed by atoms with Crippen LogP contribution in [-0.2, 0) is 0 Å². The van der Waals surface area contributed by atoms with Gasteiger partial charge in [-0.25, -0.2) is 9.37 Å². The number of aromatic nitrogens is 4. The summed E-state index contributed by atoms with van der Waals surface area (Å²) in [5, 5.41) is 3.12. The first-order valence-electron chi connectivity index (χ1n) is 7.78. The van der Waals surface area contributed by atoms with Gasteiger partial charge >= 0.3 is 0 Å². The largest absolute Gasteiger partial charge is 0.355 e. The van der Waals surface area contributed by atoms with Crippen molar-refractivity contribution in [3.05, 3.63) is 36.4 Å². The maximum atomic E-state index is 13.0. The van der Waals surface area contributed by atoms with E-state index < -0.39 is 0 Å². The molecule has 0 aliphatic carbocycles. The van der Waals surface area contributed by atoms with Crippen LogP contribution < -0.4 is 10.2 Å². The first-order chi connectivity index (χ1) is 11.3. The molecule has 0 bridgehead atoms. The standard InChI is InChI=1S/C16H17FN6/c17-11-4-6-12(7-5-11)20-16-21-14-13(18-10-19-14)15(22-16)23-8-2-1-3-9-23/h4-7,10H,1-3,8-9H2,(H2,18,19,20,21,22).